The molecule has 0 aliphatic heterocycles. The first-order valence-corrected chi connectivity index (χ1v) is 7.38. The summed E-state index contributed by atoms with van der Waals surface area (Å²) in [6.45, 7) is 2.14. The molecule has 0 atom stereocenters. The van der Waals surface area contributed by atoms with E-state index >= 15 is 0 Å². The predicted octanol–water partition coefficient (Wildman–Crippen LogP) is 3.56. The molecule has 2 aliphatic rings. The highest BCUT2D eigenvalue weighted by atomic mass is 16.5. The van der Waals surface area contributed by atoms with Crippen LogP contribution in [0.1, 0.15) is 54.1 Å². The van der Waals surface area contributed by atoms with Crippen LogP contribution in [0, 0.1) is 5.41 Å². The minimum Gasteiger partial charge on any atom is -0.381 e. The van der Waals surface area contributed by atoms with Gasteiger partial charge in [0.05, 0.1) is 6.10 Å². The first kappa shape index (κ1) is 12.9. The number of methoxy groups -OCH3 is 1. The SMILES string of the molecule is CCc1ccc2c(c1)C(=O)[C@]1(CC[C@H](OC)CC1)C2. The molecular weight excluding hydrogens is 236 g/mol. The number of rotatable bonds is 2. The van der Waals surface area contributed by atoms with E-state index in [0.717, 1.165) is 44.1 Å². The Kier molecular flexibility index (Phi) is 3.22. The molecule has 0 unspecified atom stereocenters. The van der Waals surface area contributed by atoms with E-state index in [1.165, 1.54) is 11.1 Å². The van der Waals surface area contributed by atoms with Crippen molar-refractivity contribution in [3.8, 4) is 0 Å². The maximum Gasteiger partial charge on any atom is 0.169 e. The van der Waals surface area contributed by atoms with Crippen molar-refractivity contribution < 1.29 is 9.53 Å². The molecule has 0 amide bonds. The van der Waals surface area contributed by atoms with Gasteiger partial charge in [-0.05, 0) is 55.7 Å². The van der Waals surface area contributed by atoms with Gasteiger partial charge in [-0.1, -0.05) is 19.1 Å². The Morgan fingerprint density at radius 3 is 2.68 bits per heavy atom. The van der Waals surface area contributed by atoms with Crippen LogP contribution >= 0.6 is 0 Å². The second-order valence-corrected chi connectivity index (χ2v) is 6.07. The van der Waals surface area contributed by atoms with Gasteiger partial charge in [-0.2, -0.15) is 0 Å². The van der Waals surface area contributed by atoms with Crippen LogP contribution < -0.4 is 0 Å². The molecule has 19 heavy (non-hydrogen) atoms. The molecular formula is C17H22O2. The zero-order chi connectivity index (χ0) is 13.5. The molecule has 1 spiro atoms. The van der Waals surface area contributed by atoms with E-state index in [-0.39, 0.29) is 5.41 Å². The summed E-state index contributed by atoms with van der Waals surface area (Å²) < 4.78 is 5.43. The molecule has 2 aliphatic carbocycles. The van der Waals surface area contributed by atoms with Crippen LogP contribution in [0.2, 0.25) is 0 Å². The largest absolute Gasteiger partial charge is 0.381 e. The molecule has 0 bridgehead atoms. The molecule has 2 heteroatoms. The third-order valence-corrected chi connectivity index (χ3v) is 5.06. The normalized spacial score (nSPS) is 29.8. The van der Waals surface area contributed by atoms with Gasteiger partial charge >= 0.3 is 0 Å². The standard InChI is InChI=1S/C17H22O2/c1-3-12-4-5-13-11-17(16(18)15(13)10-12)8-6-14(19-2)7-9-17/h4-5,10,14H,3,6-9,11H2,1-2H3/t14-,17-. The van der Waals surface area contributed by atoms with Gasteiger partial charge in [-0.15, -0.1) is 0 Å². The van der Waals surface area contributed by atoms with Gasteiger partial charge < -0.3 is 4.74 Å². The summed E-state index contributed by atoms with van der Waals surface area (Å²) in [5.74, 6) is 0.396. The molecule has 0 heterocycles. The summed E-state index contributed by atoms with van der Waals surface area (Å²) in [6.07, 6.45) is 6.32. The molecule has 0 saturated heterocycles. The van der Waals surface area contributed by atoms with E-state index in [9.17, 15) is 4.79 Å². The van der Waals surface area contributed by atoms with Crippen molar-refractivity contribution in [1.29, 1.82) is 0 Å². The second-order valence-electron chi connectivity index (χ2n) is 6.07. The molecule has 0 aromatic heterocycles. The van der Waals surface area contributed by atoms with E-state index in [0.29, 0.717) is 11.9 Å². The average molecular weight is 258 g/mol. The molecule has 0 N–H and O–H groups in total. The van der Waals surface area contributed by atoms with Gasteiger partial charge in [0, 0.05) is 18.1 Å². The van der Waals surface area contributed by atoms with Crippen molar-refractivity contribution in [3.63, 3.8) is 0 Å². The maximum absolute atomic E-state index is 12.8. The number of fused-ring (bicyclic) bond motifs is 1. The van der Waals surface area contributed by atoms with E-state index in [2.05, 4.69) is 25.1 Å². The van der Waals surface area contributed by atoms with Crippen molar-refractivity contribution in [3.05, 3.63) is 34.9 Å². The van der Waals surface area contributed by atoms with Gasteiger partial charge in [0.1, 0.15) is 0 Å². The van der Waals surface area contributed by atoms with Gasteiger partial charge in [-0.25, -0.2) is 0 Å². The molecule has 1 fully saturated rings. The van der Waals surface area contributed by atoms with Crippen molar-refractivity contribution in [2.45, 2.75) is 51.6 Å². The number of benzene rings is 1. The quantitative estimate of drug-likeness (QED) is 0.810. The fraction of sp³-hybridized carbons (Fsp3) is 0.588. The summed E-state index contributed by atoms with van der Waals surface area (Å²) >= 11 is 0. The number of hydrogen-bond acceptors (Lipinski definition) is 2. The lowest BCUT2D eigenvalue weighted by Gasteiger charge is -2.35. The minimum absolute atomic E-state index is 0.107. The lowest BCUT2D eigenvalue weighted by molar-refractivity contribution is 0.0285. The molecule has 0 radical (unpaired) electrons. The monoisotopic (exact) mass is 258 g/mol. The number of ether oxygens (including phenoxy) is 1. The lowest BCUT2D eigenvalue weighted by Crippen LogP contribution is -2.35. The third-order valence-electron chi connectivity index (χ3n) is 5.06. The number of Topliss-reactive ketones (excluding diaryl/α,β-unsaturated/α-hetero) is 1. The van der Waals surface area contributed by atoms with Gasteiger partial charge in [-0.3, -0.25) is 4.79 Å². The minimum atomic E-state index is -0.107. The van der Waals surface area contributed by atoms with Crippen LogP contribution in [0.4, 0.5) is 0 Å². The Morgan fingerprint density at radius 1 is 1.32 bits per heavy atom. The summed E-state index contributed by atoms with van der Waals surface area (Å²) in [7, 11) is 1.78. The Bertz CT molecular complexity index is 496. The highest BCUT2D eigenvalue weighted by molar-refractivity contribution is 6.05. The van der Waals surface area contributed by atoms with Crippen LogP contribution in [0.3, 0.4) is 0 Å². The van der Waals surface area contributed by atoms with Crippen LogP contribution in [-0.2, 0) is 17.6 Å². The van der Waals surface area contributed by atoms with Gasteiger partial charge in [0.25, 0.3) is 0 Å². The highest BCUT2D eigenvalue weighted by Crippen LogP contribution is 2.47. The Balaban J connectivity index is 1.87. The second kappa shape index (κ2) is 4.75. The van der Waals surface area contributed by atoms with Crippen molar-refractivity contribution >= 4 is 5.78 Å². The summed E-state index contributed by atoms with van der Waals surface area (Å²) in [4.78, 5) is 12.8. The van der Waals surface area contributed by atoms with Crippen LogP contribution in [-0.4, -0.2) is 19.0 Å². The van der Waals surface area contributed by atoms with Crippen LogP contribution in [0.15, 0.2) is 18.2 Å². The zero-order valence-electron chi connectivity index (χ0n) is 11.9. The average Bonchev–Trinajstić information content (AvgIpc) is 2.72. The number of ketones is 1. The molecule has 3 rings (SSSR count). The van der Waals surface area contributed by atoms with Crippen molar-refractivity contribution in [2.24, 2.45) is 5.41 Å². The Morgan fingerprint density at radius 2 is 2.05 bits per heavy atom. The van der Waals surface area contributed by atoms with E-state index in [1.807, 2.05) is 0 Å². The Hall–Kier alpha value is -1.15. The predicted molar refractivity (Wildman–Crippen MR) is 75.6 cm³/mol. The molecule has 1 saturated carbocycles. The summed E-state index contributed by atoms with van der Waals surface area (Å²) in [5.41, 5.74) is 3.42. The fourth-order valence-electron chi connectivity index (χ4n) is 3.72. The molecule has 1 aromatic rings. The number of carbonyl (C=O) groups excluding carboxylic acids is 1. The number of hydrogen-bond donors (Lipinski definition) is 0. The molecule has 2 nitrogen and oxygen atoms in total. The summed E-state index contributed by atoms with van der Waals surface area (Å²) in [5, 5.41) is 0. The van der Waals surface area contributed by atoms with E-state index in [1.54, 1.807) is 7.11 Å². The maximum atomic E-state index is 12.8. The zero-order valence-corrected chi connectivity index (χ0v) is 11.9. The number of aryl methyl sites for hydroxylation is 1. The first-order valence-electron chi connectivity index (χ1n) is 7.38. The Labute approximate surface area is 115 Å². The third kappa shape index (κ3) is 2.02. The fourth-order valence-corrected chi connectivity index (χ4v) is 3.72. The molecule has 1 aromatic carbocycles. The molecule has 102 valence electrons. The van der Waals surface area contributed by atoms with Crippen molar-refractivity contribution in [1.82, 2.24) is 0 Å². The van der Waals surface area contributed by atoms with Gasteiger partial charge in [0.15, 0.2) is 5.78 Å². The topological polar surface area (TPSA) is 26.3 Å². The van der Waals surface area contributed by atoms with E-state index in [4.69, 9.17) is 4.74 Å². The smallest absolute Gasteiger partial charge is 0.169 e. The first-order chi connectivity index (χ1) is 9.18. The van der Waals surface area contributed by atoms with Crippen molar-refractivity contribution in [2.75, 3.05) is 7.11 Å². The van der Waals surface area contributed by atoms with Crippen LogP contribution in [0.5, 0.6) is 0 Å². The van der Waals surface area contributed by atoms with Gasteiger partial charge in [0.2, 0.25) is 0 Å². The highest BCUT2D eigenvalue weighted by Gasteiger charge is 2.47. The number of carbonyl (C=O) groups is 1. The summed E-state index contributed by atoms with van der Waals surface area (Å²) in [6, 6.07) is 6.46. The lowest BCUT2D eigenvalue weighted by atomic mass is 9.70. The van der Waals surface area contributed by atoms with Crippen LogP contribution in [0.25, 0.3) is 0 Å². The van der Waals surface area contributed by atoms with E-state index < -0.39 is 0 Å².